The van der Waals surface area contributed by atoms with Crippen molar-refractivity contribution < 1.29 is 14.3 Å². The second kappa shape index (κ2) is 7.38. The molecule has 3 rings (SSSR count). The van der Waals surface area contributed by atoms with Crippen LogP contribution in [0.2, 0.25) is 5.02 Å². The minimum Gasteiger partial charge on any atom is -0.390 e. The van der Waals surface area contributed by atoms with Crippen LogP contribution in [0.1, 0.15) is 36.0 Å². The third kappa shape index (κ3) is 3.73. The first-order chi connectivity index (χ1) is 11.5. The maximum Gasteiger partial charge on any atom is 0.255 e. The first-order valence-corrected chi connectivity index (χ1v) is 8.96. The quantitative estimate of drug-likeness (QED) is 0.884. The molecule has 1 N–H and O–H groups in total. The van der Waals surface area contributed by atoms with Crippen molar-refractivity contribution >= 4 is 17.5 Å². The van der Waals surface area contributed by atoms with E-state index in [4.69, 9.17) is 11.6 Å². The van der Waals surface area contributed by atoms with Crippen molar-refractivity contribution in [1.82, 2.24) is 9.80 Å². The minimum atomic E-state index is -0.443. The van der Waals surface area contributed by atoms with Gasteiger partial charge in [-0.1, -0.05) is 24.4 Å². The summed E-state index contributed by atoms with van der Waals surface area (Å²) in [7, 11) is 1.81. The number of likely N-dealkylation sites (tertiary alicyclic amines) is 1. The van der Waals surface area contributed by atoms with Crippen LogP contribution >= 0.6 is 11.6 Å². The summed E-state index contributed by atoms with van der Waals surface area (Å²) in [5.74, 6) is -0.144. The van der Waals surface area contributed by atoms with Crippen LogP contribution in [-0.4, -0.2) is 59.6 Å². The van der Waals surface area contributed by atoms with Gasteiger partial charge in [0.25, 0.3) is 5.91 Å². The van der Waals surface area contributed by atoms with Crippen molar-refractivity contribution in [2.45, 2.75) is 37.8 Å². The first-order valence-electron chi connectivity index (χ1n) is 8.58. The zero-order chi connectivity index (χ0) is 17.3. The smallest absolute Gasteiger partial charge is 0.255 e. The van der Waals surface area contributed by atoms with Gasteiger partial charge in [-0.15, -0.1) is 0 Å². The molecule has 24 heavy (non-hydrogen) atoms. The molecule has 1 amide bonds. The highest BCUT2D eigenvalue weighted by molar-refractivity contribution is 6.33. The Bertz CT molecular complexity index is 601. The molecule has 1 atom stereocenters. The SMILES string of the molecule is CN(C(=O)c1ccc(F)cc1Cl)[C@@H](CN1CC(O)C1)C1CCCC1. The van der Waals surface area contributed by atoms with Crippen LogP contribution in [0, 0.1) is 11.7 Å². The van der Waals surface area contributed by atoms with Crippen molar-refractivity contribution in [2.24, 2.45) is 5.92 Å². The summed E-state index contributed by atoms with van der Waals surface area (Å²) in [6.07, 6.45) is 4.39. The van der Waals surface area contributed by atoms with Gasteiger partial charge in [0.05, 0.1) is 16.7 Å². The van der Waals surface area contributed by atoms with Crippen LogP contribution < -0.4 is 0 Å². The highest BCUT2D eigenvalue weighted by atomic mass is 35.5. The molecule has 1 heterocycles. The van der Waals surface area contributed by atoms with E-state index in [1.807, 2.05) is 0 Å². The normalized spacial score (nSPS) is 20.8. The number of benzene rings is 1. The molecule has 1 aliphatic heterocycles. The molecular formula is C18H24ClFN2O2. The summed E-state index contributed by atoms with van der Waals surface area (Å²) >= 11 is 6.07. The van der Waals surface area contributed by atoms with Gasteiger partial charge in [0.1, 0.15) is 5.82 Å². The monoisotopic (exact) mass is 354 g/mol. The van der Waals surface area contributed by atoms with Gasteiger partial charge in [-0.25, -0.2) is 4.39 Å². The topological polar surface area (TPSA) is 43.8 Å². The highest BCUT2D eigenvalue weighted by Crippen LogP contribution is 2.32. The van der Waals surface area contributed by atoms with Crippen LogP contribution in [-0.2, 0) is 0 Å². The number of aliphatic hydroxyl groups is 1. The predicted octanol–water partition coefficient (Wildman–Crippen LogP) is 2.79. The number of likely N-dealkylation sites (N-methyl/N-ethyl adjacent to an activating group) is 1. The number of β-amino-alcohol motifs (C(OH)–C–C–N with tert-alkyl or cyclic N) is 1. The summed E-state index contributed by atoms with van der Waals surface area (Å²) in [6, 6.07) is 3.99. The molecule has 1 saturated heterocycles. The van der Waals surface area contributed by atoms with E-state index in [-0.39, 0.29) is 23.1 Å². The second-order valence-corrected chi connectivity index (χ2v) is 7.43. The summed E-state index contributed by atoms with van der Waals surface area (Å²) in [5, 5.41) is 9.66. The first kappa shape index (κ1) is 17.6. The van der Waals surface area contributed by atoms with Gasteiger partial charge in [-0.3, -0.25) is 9.69 Å². The fourth-order valence-electron chi connectivity index (χ4n) is 3.89. The Labute approximate surface area is 147 Å². The fraction of sp³-hybridized carbons (Fsp3) is 0.611. The van der Waals surface area contributed by atoms with E-state index in [1.54, 1.807) is 11.9 Å². The van der Waals surface area contributed by atoms with Crippen LogP contribution in [0.15, 0.2) is 18.2 Å². The largest absolute Gasteiger partial charge is 0.390 e. The van der Waals surface area contributed by atoms with Gasteiger partial charge in [0, 0.05) is 32.7 Å². The van der Waals surface area contributed by atoms with E-state index in [9.17, 15) is 14.3 Å². The molecule has 2 aliphatic rings. The van der Waals surface area contributed by atoms with Gasteiger partial charge < -0.3 is 10.0 Å². The van der Waals surface area contributed by atoms with E-state index < -0.39 is 5.82 Å². The van der Waals surface area contributed by atoms with Gasteiger partial charge in [0.2, 0.25) is 0 Å². The molecule has 0 radical (unpaired) electrons. The number of carbonyl (C=O) groups excluding carboxylic acids is 1. The standard InChI is InChI=1S/C18H24ClFN2O2/c1-21(18(24)15-7-6-13(20)8-16(15)19)17(12-4-2-3-5-12)11-22-9-14(23)10-22/h6-8,12,14,17,23H,2-5,9-11H2,1H3/t17-/m0/s1. The van der Waals surface area contributed by atoms with Crippen molar-refractivity contribution in [3.63, 3.8) is 0 Å². The van der Waals surface area contributed by atoms with E-state index in [2.05, 4.69) is 4.90 Å². The maximum absolute atomic E-state index is 13.2. The van der Waals surface area contributed by atoms with Gasteiger partial charge >= 0.3 is 0 Å². The van der Waals surface area contributed by atoms with Gasteiger partial charge in [-0.05, 0) is 37.0 Å². The molecular weight excluding hydrogens is 331 g/mol. The molecule has 0 spiro atoms. The van der Waals surface area contributed by atoms with E-state index in [1.165, 1.54) is 31.0 Å². The third-order valence-electron chi connectivity index (χ3n) is 5.31. The van der Waals surface area contributed by atoms with E-state index >= 15 is 0 Å². The lowest BCUT2D eigenvalue weighted by molar-refractivity contribution is -0.0166. The van der Waals surface area contributed by atoms with Crippen LogP contribution in [0.4, 0.5) is 4.39 Å². The van der Waals surface area contributed by atoms with Gasteiger partial charge in [-0.2, -0.15) is 0 Å². The Balaban J connectivity index is 1.76. The summed E-state index contributed by atoms with van der Waals surface area (Å²) in [5.41, 5.74) is 0.340. The van der Waals surface area contributed by atoms with Crippen molar-refractivity contribution in [3.05, 3.63) is 34.6 Å². The van der Waals surface area contributed by atoms with Crippen LogP contribution in [0.3, 0.4) is 0 Å². The molecule has 0 bridgehead atoms. The van der Waals surface area contributed by atoms with Crippen molar-refractivity contribution in [2.75, 3.05) is 26.7 Å². The van der Waals surface area contributed by atoms with E-state index in [0.29, 0.717) is 24.6 Å². The molecule has 1 aromatic rings. The number of rotatable bonds is 5. The molecule has 132 valence electrons. The van der Waals surface area contributed by atoms with Crippen LogP contribution in [0.5, 0.6) is 0 Å². The second-order valence-electron chi connectivity index (χ2n) is 7.02. The molecule has 4 nitrogen and oxygen atoms in total. The number of carbonyl (C=O) groups is 1. The summed E-state index contributed by atoms with van der Waals surface area (Å²) < 4.78 is 13.2. The number of halogens is 2. The van der Waals surface area contributed by atoms with E-state index in [0.717, 1.165) is 19.4 Å². The lowest BCUT2D eigenvalue weighted by Crippen LogP contribution is -2.57. The minimum absolute atomic E-state index is 0.0913. The number of hydrogen-bond acceptors (Lipinski definition) is 3. The van der Waals surface area contributed by atoms with Crippen LogP contribution in [0.25, 0.3) is 0 Å². The van der Waals surface area contributed by atoms with Crippen molar-refractivity contribution in [3.8, 4) is 0 Å². The maximum atomic E-state index is 13.2. The zero-order valence-electron chi connectivity index (χ0n) is 13.9. The van der Waals surface area contributed by atoms with Gasteiger partial charge in [0.15, 0.2) is 0 Å². The number of nitrogens with zero attached hydrogens (tertiary/aromatic N) is 2. The molecule has 0 aromatic heterocycles. The molecule has 1 aromatic carbocycles. The Morgan fingerprint density at radius 1 is 1.42 bits per heavy atom. The lowest BCUT2D eigenvalue weighted by atomic mass is 9.94. The number of hydrogen-bond donors (Lipinski definition) is 1. The highest BCUT2D eigenvalue weighted by Gasteiger charge is 2.35. The lowest BCUT2D eigenvalue weighted by Gasteiger charge is -2.42. The van der Waals surface area contributed by atoms with Crippen molar-refractivity contribution in [1.29, 1.82) is 0 Å². The molecule has 2 fully saturated rings. The summed E-state index contributed by atoms with van der Waals surface area (Å²) in [6.45, 7) is 2.11. The zero-order valence-corrected chi connectivity index (χ0v) is 14.7. The molecule has 6 heteroatoms. The average molecular weight is 355 g/mol. The number of aliphatic hydroxyl groups excluding tert-OH is 1. The molecule has 1 aliphatic carbocycles. The molecule has 1 saturated carbocycles. The molecule has 0 unspecified atom stereocenters. The Morgan fingerprint density at radius 3 is 2.67 bits per heavy atom. The number of amides is 1. The Morgan fingerprint density at radius 2 is 2.08 bits per heavy atom. The fourth-order valence-corrected chi connectivity index (χ4v) is 4.14. The third-order valence-corrected chi connectivity index (χ3v) is 5.62. The summed E-state index contributed by atoms with van der Waals surface area (Å²) in [4.78, 5) is 16.8. The average Bonchev–Trinajstić information content (AvgIpc) is 3.03. The predicted molar refractivity (Wildman–Crippen MR) is 91.7 cm³/mol. The Hall–Kier alpha value is -1.17. The Kier molecular flexibility index (Phi) is 5.42.